The Morgan fingerprint density at radius 3 is 2.80 bits per heavy atom. The first-order chi connectivity index (χ1) is 9.56. The quantitative estimate of drug-likeness (QED) is 0.507. The van der Waals surface area contributed by atoms with Gasteiger partial charge in [-0.2, -0.15) is 5.10 Å². The number of benzene rings is 1. The van der Waals surface area contributed by atoms with Crippen molar-refractivity contribution in [3.8, 4) is 5.75 Å². The van der Waals surface area contributed by atoms with Crippen molar-refractivity contribution in [1.29, 1.82) is 0 Å². The monoisotopic (exact) mass is 336 g/mol. The van der Waals surface area contributed by atoms with Crippen LogP contribution in [-0.4, -0.2) is 21.2 Å². The molecule has 0 amide bonds. The maximum absolute atomic E-state index is 10.5. The molecule has 2 rings (SSSR count). The van der Waals surface area contributed by atoms with E-state index < -0.39 is 4.92 Å². The zero-order valence-corrected chi connectivity index (χ0v) is 11.6. The first kappa shape index (κ1) is 13.9. The fraction of sp³-hybridized carbons (Fsp3) is 0. The lowest BCUT2D eigenvalue weighted by molar-refractivity contribution is -0.385. The molecule has 0 radical (unpaired) electrons. The molecule has 0 aliphatic carbocycles. The van der Waals surface area contributed by atoms with Crippen molar-refractivity contribution in [3.63, 3.8) is 0 Å². The molecule has 0 spiro atoms. The molecule has 1 heterocycles. The van der Waals surface area contributed by atoms with E-state index >= 15 is 0 Å². The van der Waals surface area contributed by atoms with Crippen LogP contribution in [-0.2, 0) is 0 Å². The van der Waals surface area contributed by atoms with Gasteiger partial charge in [0.25, 0.3) is 5.69 Å². The fourth-order valence-corrected chi connectivity index (χ4v) is 1.73. The molecule has 1 aromatic heterocycles. The van der Waals surface area contributed by atoms with E-state index in [1.165, 1.54) is 24.4 Å². The third-order valence-corrected chi connectivity index (χ3v) is 2.96. The van der Waals surface area contributed by atoms with Gasteiger partial charge < -0.3 is 5.11 Å². The Balaban J connectivity index is 2.02. The summed E-state index contributed by atoms with van der Waals surface area (Å²) in [6, 6.07) is 7.72. The first-order valence-corrected chi connectivity index (χ1v) is 6.23. The lowest BCUT2D eigenvalue weighted by Gasteiger charge is -1.99. The van der Waals surface area contributed by atoms with Gasteiger partial charge in [-0.1, -0.05) is 0 Å². The molecule has 1 aromatic carbocycles. The highest BCUT2D eigenvalue weighted by atomic mass is 79.9. The van der Waals surface area contributed by atoms with Gasteiger partial charge >= 0.3 is 0 Å². The van der Waals surface area contributed by atoms with Gasteiger partial charge in [0.2, 0.25) is 0 Å². The standard InChI is InChI=1S/C12H9BrN4O3/c13-10-5-8(1-3-11(10)18)6-15-16-12-4-2-9(7-14-12)17(19)20/h1-7,18H,(H,14,16)/b15-6+. The van der Waals surface area contributed by atoms with E-state index in [4.69, 9.17) is 0 Å². The van der Waals surface area contributed by atoms with E-state index in [0.717, 1.165) is 11.8 Å². The molecule has 0 bridgehead atoms. The summed E-state index contributed by atoms with van der Waals surface area (Å²) in [4.78, 5) is 13.8. The molecular formula is C12H9BrN4O3. The summed E-state index contributed by atoms with van der Waals surface area (Å²) in [7, 11) is 0. The Morgan fingerprint density at radius 1 is 1.40 bits per heavy atom. The number of hydrogen-bond acceptors (Lipinski definition) is 6. The highest BCUT2D eigenvalue weighted by Crippen LogP contribution is 2.23. The van der Waals surface area contributed by atoms with Crippen LogP contribution < -0.4 is 5.43 Å². The number of pyridine rings is 1. The maximum Gasteiger partial charge on any atom is 0.287 e. The van der Waals surface area contributed by atoms with Gasteiger partial charge in [0.05, 0.1) is 15.6 Å². The average Bonchev–Trinajstić information content (AvgIpc) is 2.43. The number of nitrogens with zero attached hydrogens (tertiary/aromatic N) is 3. The third-order valence-electron chi connectivity index (χ3n) is 2.32. The Bertz CT molecular complexity index is 658. The molecule has 0 saturated carbocycles. The summed E-state index contributed by atoms with van der Waals surface area (Å²) < 4.78 is 0.565. The van der Waals surface area contributed by atoms with Crippen molar-refractivity contribution in [2.45, 2.75) is 0 Å². The van der Waals surface area contributed by atoms with E-state index in [0.29, 0.717) is 10.3 Å². The van der Waals surface area contributed by atoms with Gasteiger partial charge in [0.1, 0.15) is 17.8 Å². The number of phenols is 1. The number of hydrazone groups is 1. The Hall–Kier alpha value is -2.48. The Labute approximate surface area is 122 Å². The number of phenolic OH excluding ortho intramolecular Hbond substituents is 1. The van der Waals surface area contributed by atoms with Crippen LogP contribution in [0.2, 0.25) is 0 Å². The van der Waals surface area contributed by atoms with Gasteiger partial charge in [-0.15, -0.1) is 0 Å². The second kappa shape index (κ2) is 6.11. The fourth-order valence-electron chi connectivity index (χ4n) is 1.34. The lowest BCUT2D eigenvalue weighted by Crippen LogP contribution is -1.95. The van der Waals surface area contributed by atoms with Crippen LogP contribution >= 0.6 is 15.9 Å². The van der Waals surface area contributed by atoms with Crippen LogP contribution in [0.1, 0.15) is 5.56 Å². The predicted molar refractivity (Wildman–Crippen MR) is 77.9 cm³/mol. The van der Waals surface area contributed by atoms with Crippen LogP contribution in [0, 0.1) is 10.1 Å². The second-order valence-corrected chi connectivity index (χ2v) is 4.59. The third kappa shape index (κ3) is 3.51. The summed E-state index contributed by atoms with van der Waals surface area (Å²) in [6.45, 7) is 0. The van der Waals surface area contributed by atoms with Crippen LogP contribution in [0.25, 0.3) is 0 Å². The van der Waals surface area contributed by atoms with Crippen LogP contribution in [0.5, 0.6) is 5.75 Å². The van der Waals surface area contributed by atoms with Crippen molar-refractivity contribution in [3.05, 3.63) is 56.7 Å². The molecule has 2 aromatic rings. The van der Waals surface area contributed by atoms with Crippen molar-refractivity contribution < 1.29 is 10.0 Å². The van der Waals surface area contributed by atoms with Gasteiger partial charge in [-0.25, -0.2) is 4.98 Å². The molecule has 0 saturated heterocycles. The number of nitrogens with one attached hydrogen (secondary N) is 1. The topological polar surface area (TPSA) is 101 Å². The summed E-state index contributed by atoms with van der Waals surface area (Å²) in [5, 5.41) is 23.8. The smallest absolute Gasteiger partial charge is 0.287 e. The largest absolute Gasteiger partial charge is 0.507 e. The highest BCUT2D eigenvalue weighted by Gasteiger charge is 2.04. The molecule has 2 N–H and O–H groups in total. The summed E-state index contributed by atoms with van der Waals surface area (Å²) in [6.07, 6.45) is 2.68. The lowest BCUT2D eigenvalue weighted by atomic mass is 10.2. The van der Waals surface area contributed by atoms with E-state index in [9.17, 15) is 15.2 Å². The van der Waals surface area contributed by atoms with Crippen LogP contribution in [0.4, 0.5) is 11.5 Å². The highest BCUT2D eigenvalue weighted by molar-refractivity contribution is 9.10. The molecule has 0 unspecified atom stereocenters. The van der Waals surface area contributed by atoms with Gasteiger partial charge in [0, 0.05) is 6.07 Å². The molecule has 7 nitrogen and oxygen atoms in total. The Morgan fingerprint density at radius 2 is 2.20 bits per heavy atom. The number of aromatic hydroxyl groups is 1. The second-order valence-electron chi connectivity index (χ2n) is 3.74. The van der Waals surface area contributed by atoms with E-state index in [-0.39, 0.29) is 11.4 Å². The van der Waals surface area contributed by atoms with Crippen LogP contribution in [0.3, 0.4) is 0 Å². The summed E-state index contributed by atoms with van der Waals surface area (Å²) in [5.74, 6) is 0.539. The number of nitro groups is 1. The minimum atomic E-state index is -0.520. The average molecular weight is 337 g/mol. The molecule has 0 atom stereocenters. The van der Waals surface area contributed by atoms with E-state index in [1.54, 1.807) is 12.1 Å². The molecule has 0 fully saturated rings. The number of anilines is 1. The van der Waals surface area contributed by atoms with Crippen molar-refractivity contribution in [2.24, 2.45) is 5.10 Å². The Kier molecular flexibility index (Phi) is 4.26. The van der Waals surface area contributed by atoms with Crippen molar-refractivity contribution in [2.75, 3.05) is 5.43 Å². The molecule has 20 heavy (non-hydrogen) atoms. The zero-order chi connectivity index (χ0) is 14.5. The summed E-state index contributed by atoms with van der Waals surface area (Å²) in [5.41, 5.74) is 3.34. The van der Waals surface area contributed by atoms with Crippen LogP contribution in [0.15, 0.2) is 46.1 Å². The normalized spacial score (nSPS) is 10.7. The summed E-state index contributed by atoms with van der Waals surface area (Å²) >= 11 is 3.20. The van der Waals surface area contributed by atoms with E-state index in [2.05, 4.69) is 31.4 Å². The molecule has 102 valence electrons. The van der Waals surface area contributed by atoms with Crippen molar-refractivity contribution in [1.82, 2.24) is 4.98 Å². The van der Waals surface area contributed by atoms with E-state index in [1.807, 2.05) is 0 Å². The first-order valence-electron chi connectivity index (χ1n) is 5.44. The van der Waals surface area contributed by atoms with Crippen molar-refractivity contribution >= 4 is 33.6 Å². The van der Waals surface area contributed by atoms with Gasteiger partial charge in [-0.3, -0.25) is 15.5 Å². The minimum absolute atomic E-state index is 0.0815. The number of rotatable bonds is 4. The number of hydrogen-bond donors (Lipinski definition) is 2. The molecular weight excluding hydrogens is 328 g/mol. The molecule has 0 aliphatic rings. The molecule has 8 heteroatoms. The zero-order valence-electron chi connectivity index (χ0n) is 10.0. The predicted octanol–water partition coefficient (Wildman–Crippen LogP) is 2.90. The number of aromatic nitrogens is 1. The van der Waals surface area contributed by atoms with Gasteiger partial charge in [0.15, 0.2) is 0 Å². The molecule has 0 aliphatic heterocycles. The van der Waals surface area contributed by atoms with Gasteiger partial charge in [-0.05, 0) is 45.8 Å². The number of halogens is 1. The minimum Gasteiger partial charge on any atom is -0.507 e. The SMILES string of the molecule is O=[N+]([O-])c1ccc(N/N=C/c2ccc(O)c(Br)c2)nc1. The maximum atomic E-state index is 10.5.